The van der Waals surface area contributed by atoms with Crippen LogP contribution in [0.2, 0.25) is 0 Å². The molecule has 0 aliphatic carbocycles. The Balaban J connectivity index is 1.05. The molecule has 5 aromatic heterocycles. The minimum atomic E-state index is 0.851. The summed E-state index contributed by atoms with van der Waals surface area (Å²) in [5, 5.41) is 4.79. The van der Waals surface area contributed by atoms with E-state index >= 15 is 0 Å². The Labute approximate surface area is 350 Å². The second-order valence-corrected chi connectivity index (χ2v) is 16.1. The molecule has 0 unspecified atom stereocenters. The maximum Gasteiger partial charge on any atom is 0.220 e. The Morgan fingerprint density at radius 3 is 1.74 bits per heavy atom. The quantitative estimate of drug-likeness (QED) is 0.175. The molecule has 288 valence electrons. The number of aryl methyl sites for hydroxylation is 2. The van der Waals surface area contributed by atoms with Crippen LogP contribution in [0, 0.1) is 13.8 Å². The molecule has 13 rings (SSSR count). The summed E-state index contributed by atoms with van der Waals surface area (Å²) in [4.78, 5) is 10.3. The van der Waals surface area contributed by atoms with Crippen LogP contribution in [0.15, 0.2) is 188 Å². The lowest BCUT2D eigenvalue weighted by atomic mass is 9.99. The van der Waals surface area contributed by atoms with Gasteiger partial charge in [0.15, 0.2) is 0 Å². The Morgan fingerprint density at radius 2 is 1.00 bits per heavy atom. The lowest BCUT2D eigenvalue weighted by molar-refractivity contribution is 0.924. The number of aromatic nitrogens is 7. The highest BCUT2D eigenvalue weighted by molar-refractivity contribution is 6.19. The fourth-order valence-electron chi connectivity index (χ4n) is 10.1. The summed E-state index contributed by atoms with van der Waals surface area (Å²) in [6.45, 7) is 4.41. The second kappa shape index (κ2) is 12.7. The molecular formula is C54H37N7. The van der Waals surface area contributed by atoms with Gasteiger partial charge in [0.25, 0.3) is 0 Å². The van der Waals surface area contributed by atoms with Gasteiger partial charge >= 0.3 is 0 Å². The van der Waals surface area contributed by atoms with Crippen LogP contribution in [0.4, 0.5) is 0 Å². The van der Waals surface area contributed by atoms with Gasteiger partial charge in [-0.2, -0.15) is 0 Å². The summed E-state index contributed by atoms with van der Waals surface area (Å²) in [6.07, 6.45) is 4.02. The monoisotopic (exact) mass is 783 g/mol. The number of hydrogen-bond acceptors (Lipinski definition) is 2. The van der Waals surface area contributed by atoms with Gasteiger partial charge in [-0.3, -0.25) is 18.1 Å². The highest BCUT2D eigenvalue weighted by Gasteiger charge is 2.23. The van der Waals surface area contributed by atoms with Crippen LogP contribution in [0.1, 0.15) is 11.1 Å². The molecule has 0 N–H and O–H groups in total. The maximum absolute atomic E-state index is 5.18. The zero-order valence-corrected chi connectivity index (χ0v) is 33.5. The molecule has 7 nitrogen and oxygen atoms in total. The fourth-order valence-corrected chi connectivity index (χ4v) is 10.1. The van der Waals surface area contributed by atoms with Crippen LogP contribution >= 0.6 is 0 Å². The highest BCUT2D eigenvalue weighted by atomic mass is 15.2. The fraction of sp³-hybridized carbons (Fsp3) is 0.0370. The third-order valence-electron chi connectivity index (χ3n) is 12.6. The summed E-state index contributed by atoms with van der Waals surface area (Å²) in [5.41, 5.74) is 16.9. The van der Waals surface area contributed by atoms with Gasteiger partial charge in [-0.25, -0.2) is 9.97 Å². The van der Waals surface area contributed by atoms with Crippen molar-refractivity contribution in [3.8, 4) is 34.1 Å². The zero-order chi connectivity index (χ0) is 40.3. The van der Waals surface area contributed by atoms with E-state index in [1.54, 1.807) is 0 Å². The van der Waals surface area contributed by atoms with E-state index < -0.39 is 0 Å². The molecule has 61 heavy (non-hydrogen) atoms. The first-order valence-electron chi connectivity index (χ1n) is 20.8. The summed E-state index contributed by atoms with van der Waals surface area (Å²) in [5.74, 6) is 1.74. The first kappa shape index (κ1) is 33.8. The smallest absolute Gasteiger partial charge is 0.220 e. The van der Waals surface area contributed by atoms with E-state index in [1.165, 1.54) is 43.8 Å². The Morgan fingerprint density at radius 1 is 0.410 bits per heavy atom. The molecule has 0 aliphatic rings. The molecule has 0 amide bonds. The summed E-state index contributed by atoms with van der Waals surface area (Å²) >= 11 is 0. The van der Waals surface area contributed by atoms with Crippen LogP contribution in [-0.2, 0) is 0 Å². The summed E-state index contributed by atoms with van der Waals surface area (Å²) in [7, 11) is 0. The SMILES string of the molecule is Cc1cc(-c2ccccc2)cc(C)c1-n1ccnc1-n1c2ccccc2c2cc3c4ccccc4n(-c4cccc(-n5c6ccccc6n6c7ccccc7nc56)c4)c3cc21. The molecule has 0 aliphatic heterocycles. The first-order chi connectivity index (χ1) is 30.1. The van der Waals surface area contributed by atoms with Gasteiger partial charge in [-0.05, 0) is 115 Å². The topological polar surface area (TPSA) is 49.9 Å². The number of fused-ring (bicyclic) bond motifs is 11. The maximum atomic E-state index is 5.18. The molecule has 13 aromatic rings. The van der Waals surface area contributed by atoms with Gasteiger partial charge in [0.2, 0.25) is 11.7 Å². The number of nitrogens with zero attached hydrogens (tertiary/aromatic N) is 7. The van der Waals surface area contributed by atoms with E-state index in [0.29, 0.717) is 0 Å². The third kappa shape index (κ3) is 4.80. The Bertz CT molecular complexity index is 3880. The summed E-state index contributed by atoms with van der Waals surface area (Å²) in [6, 6.07) is 63.3. The Hall–Kier alpha value is -8.16. The normalized spacial score (nSPS) is 12.1. The van der Waals surface area contributed by atoms with Crippen molar-refractivity contribution in [2.24, 2.45) is 0 Å². The molecule has 0 radical (unpaired) electrons. The minimum Gasteiger partial charge on any atom is -0.309 e. The molecule has 0 saturated carbocycles. The van der Waals surface area contributed by atoms with E-state index in [4.69, 9.17) is 9.97 Å². The van der Waals surface area contributed by atoms with Crippen molar-refractivity contribution in [3.63, 3.8) is 0 Å². The van der Waals surface area contributed by atoms with Gasteiger partial charge in [-0.15, -0.1) is 0 Å². The number of rotatable bonds is 5. The lowest BCUT2D eigenvalue weighted by Crippen LogP contribution is -2.08. The molecule has 7 heteroatoms. The van der Waals surface area contributed by atoms with Gasteiger partial charge in [-0.1, -0.05) is 97.1 Å². The van der Waals surface area contributed by atoms with Gasteiger partial charge in [0.1, 0.15) is 0 Å². The third-order valence-corrected chi connectivity index (χ3v) is 12.6. The van der Waals surface area contributed by atoms with Crippen molar-refractivity contribution in [2.45, 2.75) is 13.8 Å². The largest absolute Gasteiger partial charge is 0.309 e. The van der Waals surface area contributed by atoms with E-state index in [9.17, 15) is 0 Å². The molecule has 5 heterocycles. The van der Waals surface area contributed by atoms with Crippen LogP contribution in [-0.4, -0.2) is 32.6 Å². The minimum absolute atomic E-state index is 0.851. The van der Waals surface area contributed by atoms with Crippen LogP contribution in [0.3, 0.4) is 0 Å². The number of hydrogen-bond donors (Lipinski definition) is 0. The molecule has 0 atom stereocenters. The van der Waals surface area contributed by atoms with Gasteiger partial charge in [0, 0.05) is 39.6 Å². The van der Waals surface area contributed by atoms with Crippen molar-refractivity contribution in [1.29, 1.82) is 0 Å². The molecule has 0 bridgehead atoms. The van der Waals surface area contributed by atoms with Crippen molar-refractivity contribution in [2.75, 3.05) is 0 Å². The van der Waals surface area contributed by atoms with E-state index in [1.807, 2.05) is 6.20 Å². The van der Waals surface area contributed by atoms with Crippen LogP contribution in [0.25, 0.3) is 106 Å². The lowest BCUT2D eigenvalue weighted by Gasteiger charge is -2.17. The van der Waals surface area contributed by atoms with E-state index in [0.717, 1.165) is 72.9 Å². The molecule has 0 fully saturated rings. The van der Waals surface area contributed by atoms with Crippen LogP contribution in [0.5, 0.6) is 0 Å². The average molecular weight is 784 g/mol. The highest BCUT2D eigenvalue weighted by Crippen LogP contribution is 2.41. The van der Waals surface area contributed by atoms with E-state index in [2.05, 4.69) is 219 Å². The molecule has 8 aromatic carbocycles. The zero-order valence-electron chi connectivity index (χ0n) is 33.5. The van der Waals surface area contributed by atoms with Crippen molar-refractivity contribution in [1.82, 2.24) is 32.6 Å². The number of benzene rings is 8. The predicted octanol–water partition coefficient (Wildman–Crippen LogP) is 13.1. The Kier molecular flexibility index (Phi) is 7.02. The van der Waals surface area contributed by atoms with Gasteiger partial charge < -0.3 is 4.57 Å². The standard InChI is InChI=1S/C54H37N7/c1-34-29-37(36-15-4-3-5-16-36)30-35(2)52(34)57-28-27-55-53(57)60-46-23-10-7-20-41(46)43-32-42-40-19-6-9-22-45(40)58(50(42)33-51(43)60)38-17-14-18-39(31-38)59-48-25-12-13-26-49(48)61-47-24-11-8-21-44(47)56-54(59)61/h3-33H,1-2H3. The number of imidazole rings is 3. The summed E-state index contributed by atoms with van der Waals surface area (Å²) < 4.78 is 11.6. The second-order valence-electron chi connectivity index (χ2n) is 16.1. The van der Waals surface area contributed by atoms with Crippen molar-refractivity contribution in [3.05, 3.63) is 199 Å². The average Bonchev–Trinajstić information content (AvgIpc) is 4.11. The first-order valence-corrected chi connectivity index (χ1v) is 20.8. The molecule has 0 saturated heterocycles. The predicted molar refractivity (Wildman–Crippen MR) is 250 cm³/mol. The van der Waals surface area contributed by atoms with Crippen molar-refractivity contribution >= 4 is 71.5 Å². The molecular weight excluding hydrogens is 747 g/mol. The molecule has 0 spiro atoms. The van der Waals surface area contributed by atoms with E-state index in [-0.39, 0.29) is 0 Å². The van der Waals surface area contributed by atoms with Gasteiger partial charge in [0.05, 0.1) is 55.5 Å². The van der Waals surface area contributed by atoms with Crippen molar-refractivity contribution < 1.29 is 0 Å². The number of para-hydroxylation sites is 6. The van der Waals surface area contributed by atoms with Crippen LogP contribution < -0.4 is 0 Å².